The average molecular weight is 285 g/mol. The van der Waals surface area contributed by atoms with Crippen LogP contribution in [0.15, 0.2) is 48.5 Å². The van der Waals surface area contributed by atoms with Crippen molar-refractivity contribution in [3.63, 3.8) is 0 Å². The van der Waals surface area contributed by atoms with Gasteiger partial charge in [0.05, 0.1) is 16.6 Å². The van der Waals surface area contributed by atoms with Gasteiger partial charge in [0.2, 0.25) is 0 Å². The minimum Gasteiger partial charge on any atom is -0.299 e. The lowest BCUT2D eigenvalue weighted by atomic mass is 10.1. The fourth-order valence-electron chi connectivity index (χ4n) is 2.08. The molecule has 3 aromatic rings. The van der Waals surface area contributed by atoms with Gasteiger partial charge in [0.25, 0.3) is 0 Å². The highest BCUT2D eigenvalue weighted by Gasteiger charge is 2.11. The van der Waals surface area contributed by atoms with Gasteiger partial charge in [-0.15, -0.1) is 11.3 Å². The van der Waals surface area contributed by atoms with Crippen LogP contribution in [-0.2, 0) is 17.6 Å². The minimum absolute atomic E-state index is 0.0193. The summed E-state index contributed by atoms with van der Waals surface area (Å²) in [6.45, 7) is 0. The average Bonchev–Trinajstić information content (AvgIpc) is 2.83. The monoisotopic (exact) mass is 285 g/mol. The van der Waals surface area contributed by atoms with Crippen LogP contribution in [0.1, 0.15) is 10.6 Å². The SMILES string of the molecule is O=C(Cc1nc2ccccc2s1)Cc1ccccc1F. The van der Waals surface area contributed by atoms with Crippen molar-refractivity contribution in [2.75, 3.05) is 0 Å². The molecule has 4 heteroatoms. The van der Waals surface area contributed by atoms with Gasteiger partial charge in [-0.3, -0.25) is 4.79 Å². The first-order chi connectivity index (χ1) is 9.72. The second kappa shape index (κ2) is 5.51. The Morgan fingerprint density at radius 2 is 1.80 bits per heavy atom. The molecule has 2 nitrogen and oxygen atoms in total. The number of rotatable bonds is 4. The summed E-state index contributed by atoms with van der Waals surface area (Å²) >= 11 is 1.51. The lowest BCUT2D eigenvalue weighted by molar-refractivity contribution is -0.117. The molecule has 0 saturated carbocycles. The Hall–Kier alpha value is -2.07. The third-order valence-electron chi connectivity index (χ3n) is 3.03. The summed E-state index contributed by atoms with van der Waals surface area (Å²) < 4.78 is 14.6. The van der Waals surface area contributed by atoms with E-state index in [2.05, 4.69) is 4.98 Å². The number of Topliss-reactive ketones (excluding diaryl/α,β-unsaturated/α-hetero) is 1. The van der Waals surface area contributed by atoms with E-state index in [4.69, 9.17) is 0 Å². The maximum absolute atomic E-state index is 13.5. The second-order valence-corrected chi connectivity index (χ2v) is 5.67. The van der Waals surface area contributed by atoms with Gasteiger partial charge in [0.1, 0.15) is 16.6 Å². The zero-order valence-electron chi connectivity index (χ0n) is 10.7. The van der Waals surface area contributed by atoms with Crippen LogP contribution in [0.2, 0.25) is 0 Å². The summed E-state index contributed by atoms with van der Waals surface area (Å²) in [5.74, 6) is -0.348. The van der Waals surface area contributed by atoms with Gasteiger partial charge in [0.15, 0.2) is 0 Å². The molecule has 20 heavy (non-hydrogen) atoms. The standard InChI is InChI=1S/C16H12FNOS/c17-13-6-2-1-5-11(13)9-12(19)10-16-18-14-7-3-4-8-15(14)20-16/h1-8H,9-10H2. The van der Waals surface area contributed by atoms with Crippen LogP contribution in [0, 0.1) is 5.82 Å². The van der Waals surface area contributed by atoms with Gasteiger partial charge in [-0.05, 0) is 23.8 Å². The number of halogens is 1. The Kier molecular flexibility index (Phi) is 3.56. The second-order valence-electron chi connectivity index (χ2n) is 4.56. The highest BCUT2D eigenvalue weighted by atomic mass is 32.1. The Balaban J connectivity index is 1.74. The number of thiazole rings is 1. The highest BCUT2D eigenvalue weighted by molar-refractivity contribution is 7.18. The number of hydrogen-bond acceptors (Lipinski definition) is 3. The molecule has 0 unspecified atom stereocenters. The molecule has 0 aliphatic rings. The molecule has 100 valence electrons. The number of hydrogen-bond donors (Lipinski definition) is 0. The number of fused-ring (bicyclic) bond motifs is 1. The highest BCUT2D eigenvalue weighted by Crippen LogP contribution is 2.22. The van der Waals surface area contributed by atoms with Crippen molar-refractivity contribution in [3.05, 3.63) is 64.9 Å². The zero-order valence-corrected chi connectivity index (χ0v) is 11.5. The van der Waals surface area contributed by atoms with E-state index < -0.39 is 0 Å². The number of aromatic nitrogens is 1. The fourth-order valence-corrected chi connectivity index (χ4v) is 3.08. The number of para-hydroxylation sites is 1. The van der Waals surface area contributed by atoms with Crippen LogP contribution in [-0.4, -0.2) is 10.8 Å². The first-order valence-corrected chi connectivity index (χ1v) is 7.13. The normalized spacial score (nSPS) is 10.8. The van der Waals surface area contributed by atoms with Crippen LogP contribution >= 0.6 is 11.3 Å². The van der Waals surface area contributed by atoms with Gasteiger partial charge in [-0.1, -0.05) is 30.3 Å². The van der Waals surface area contributed by atoms with E-state index in [0.717, 1.165) is 15.2 Å². The predicted octanol–water partition coefficient (Wildman–Crippen LogP) is 3.79. The summed E-state index contributed by atoms with van der Waals surface area (Å²) in [7, 11) is 0. The van der Waals surface area contributed by atoms with E-state index in [1.54, 1.807) is 18.2 Å². The first-order valence-electron chi connectivity index (χ1n) is 6.32. The summed E-state index contributed by atoms with van der Waals surface area (Å²) in [6.07, 6.45) is 0.371. The van der Waals surface area contributed by atoms with E-state index >= 15 is 0 Å². The third-order valence-corrected chi connectivity index (χ3v) is 4.07. The summed E-state index contributed by atoms with van der Waals surface area (Å²) in [6, 6.07) is 14.2. The predicted molar refractivity (Wildman–Crippen MR) is 78.4 cm³/mol. The van der Waals surface area contributed by atoms with Gasteiger partial charge >= 0.3 is 0 Å². The third kappa shape index (κ3) is 2.75. The molecule has 0 bridgehead atoms. The molecule has 0 saturated heterocycles. The Labute approximate surface area is 119 Å². The maximum Gasteiger partial charge on any atom is 0.144 e. The topological polar surface area (TPSA) is 30.0 Å². The molecule has 0 radical (unpaired) electrons. The number of benzene rings is 2. The van der Waals surface area contributed by atoms with E-state index in [-0.39, 0.29) is 24.4 Å². The fraction of sp³-hybridized carbons (Fsp3) is 0.125. The molecular formula is C16H12FNOS. The van der Waals surface area contributed by atoms with Crippen molar-refractivity contribution in [1.29, 1.82) is 0 Å². The van der Waals surface area contributed by atoms with E-state index in [1.165, 1.54) is 17.4 Å². The van der Waals surface area contributed by atoms with Crippen molar-refractivity contribution in [1.82, 2.24) is 4.98 Å². The minimum atomic E-state index is -0.329. The quantitative estimate of drug-likeness (QED) is 0.730. The number of ketones is 1. The molecule has 2 aromatic carbocycles. The van der Waals surface area contributed by atoms with Crippen molar-refractivity contribution in [2.24, 2.45) is 0 Å². The molecule has 0 aliphatic carbocycles. The Bertz CT molecular complexity index is 733. The van der Waals surface area contributed by atoms with Crippen LogP contribution < -0.4 is 0 Å². The maximum atomic E-state index is 13.5. The van der Waals surface area contributed by atoms with E-state index in [0.29, 0.717) is 5.56 Å². The van der Waals surface area contributed by atoms with E-state index in [9.17, 15) is 9.18 Å². The summed E-state index contributed by atoms with van der Waals surface area (Å²) in [4.78, 5) is 16.4. The van der Waals surface area contributed by atoms with Gasteiger partial charge in [-0.25, -0.2) is 9.37 Å². The zero-order chi connectivity index (χ0) is 13.9. The van der Waals surface area contributed by atoms with Crippen molar-refractivity contribution in [2.45, 2.75) is 12.8 Å². The number of carbonyl (C=O) groups excluding carboxylic acids is 1. The smallest absolute Gasteiger partial charge is 0.144 e. The lowest BCUT2D eigenvalue weighted by Gasteiger charge is -2.00. The van der Waals surface area contributed by atoms with Crippen LogP contribution in [0.25, 0.3) is 10.2 Å². The molecule has 3 rings (SSSR count). The Morgan fingerprint density at radius 3 is 2.60 bits per heavy atom. The molecule has 0 amide bonds. The first kappa shape index (κ1) is 12.9. The molecule has 0 aliphatic heterocycles. The molecule has 0 N–H and O–H groups in total. The molecule has 0 spiro atoms. The van der Waals surface area contributed by atoms with Crippen LogP contribution in [0.4, 0.5) is 4.39 Å². The van der Waals surface area contributed by atoms with Crippen molar-refractivity contribution >= 4 is 27.3 Å². The van der Waals surface area contributed by atoms with Crippen molar-refractivity contribution < 1.29 is 9.18 Å². The van der Waals surface area contributed by atoms with Gasteiger partial charge in [0, 0.05) is 6.42 Å². The van der Waals surface area contributed by atoms with Gasteiger partial charge in [-0.2, -0.15) is 0 Å². The molecule has 1 aromatic heterocycles. The van der Waals surface area contributed by atoms with Gasteiger partial charge < -0.3 is 0 Å². The molecule has 1 heterocycles. The number of nitrogens with zero attached hydrogens (tertiary/aromatic N) is 1. The molecule has 0 fully saturated rings. The summed E-state index contributed by atoms with van der Waals surface area (Å²) in [5.41, 5.74) is 1.35. The van der Waals surface area contributed by atoms with Crippen molar-refractivity contribution in [3.8, 4) is 0 Å². The lowest BCUT2D eigenvalue weighted by Crippen LogP contribution is -2.07. The summed E-state index contributed by atoms with van der Waals surface area (Å²) in [5, 5.41) is 0.785. The Morgan fingerprint density at radius 1 is 1.05 bits per heavy atom. The number of carbonyl (C=O) groups is 1. The largest absolute Gasteiger partial charge is 0.299 e. The van der Waals surface area contributed by atoms with E-state index in [1.807, 2.05) is 24.3 Å². The molecule has 0 atom stereocenters. The van der Waals surface area contributed by atoms with Crippen LogP contribution in [0.3, 0.4) is 0 Å². The molecular weight excluding hydrogens is 273 g/mol. The van der Waals surface area contributed by atoms with Crippen LogP contribution in [0.5, 0.6) is 0 Å².